The van der Waals surface area contributed by atoms with Crippen LogP contribution in [0.25, 0.3) is 10.8 Å². The average molecular weight is 375 g/mol. The van der Waals surface area contributed by atoms with E-state index in [-0.39, 0.29) is 6.09 Å². The van der Waals surface area contributed by atoms with E-state index in [0.717, 1.165) is 41.7 Å². The van der Waals surface area contributed by atoms with Crippen molar-refractivity contribution in [3.8, 4) is 0 Å². The second-order valence-electron chi connectivity index (χ2n) is 7.42. The summed E-state index contributed by atoms with van der Waals surface area (Å²) in [5.74, 6) is 0.557. The molecule has 0 aliphatic carbocycles. The molecule has 1 aromatic heterocycles. The molecule has 0 bridgehead atoms. The first-order valence-corrected chi connectivity index (χ1v) is 9.64. The molecule has 3 rings (SSSR count). The maximum absolute atomic E-state index is 12.3. The van der Waals surface area contributed by atoms with Gasteiger partial charge < -0.3 is 15.4 Å². The summed E-state index contributed by atoms with van der Waals surface area (Å²) < 4.78 is 7.79. The molecule has 2 aromatic rings. The first-order chi connectivity index (χ1) is 12.3. The fourth-order valence-electron chi connectivity index (χ4n) is 2.88. The molecule has 2 heterocycles. The van der Waals surface area contributed by atoms with E-state index >= 15 is 0 Å². The van der Waals surface area contributed by atoms with E-state index in [9.17, 15) is 4.79 Å². The smallest absolute Gasteiger partial charge is 0.410 e. The SMILES string of the molecule is CC(C)(C)OC(=O)N1CCCN(Sc2ccc3c(N)nccc3c2)CC1. The molecule has 0 saturated carbocycles. The van der Waals surface area contributed by atoms with Crippen LogP contribution in [0.5, 0.6) is 0 Å². The van der Waals surface area contributed by atoms with Crippen molar-refractivity contribution in [3.05, 3.63) is 30.5 Å². The molecule has 140 valence electrons. The molecule has 0 spiro atoms. The minimum absolute atomic E-state index is 0.224. The van der Waals surface area contributed by atoms with E-state index in [2.05, 4.69) is 21.4 Å². The van der Waals surface area contributed by atoms with Crippen molar-refractivity contribution in [2.75, 3.05) is 31.9 Å². The summed E-state index contributed by atoms with van der Waals surface area (Å²) in [6, 6.07) is 8.20. The lowest BCUT2D eigenvalue weighted by atomic mass is 10.2. The molecule has 0 unspecified atom stereocenters. The van der Waals surface area contributed by atoms with Crippen molar-refractivity contribution in [3.63, 3.8) is 0 Å². The van der Waals surface area contributed by atoms with Gasteiger partial charge in [-0.3, -0.25) is 0 Å². The van der Waals surface area contributed by atoms with Gasteiger partial charge in [0, 0.05) is 42.7 Å². The van der Waals surface area contributed by atoms with Gasteiger partial charge in [-0.15, -0.1) is 0 Å². The number of nitrogens with two attached hydrogens (primary N) is 1. The number of ether oxygens (including phenoxy) is 1. The summed E-state index contributed by atoms with van der Waals surface area (Å²) in [7, 11) is 0. The molecular weight excluding hydrogens is 348 g/mol. The van der Waals surface area contributed by atoms with Crippen LogP contribution < -0.4 is 5.73 Å². The van der Waals surface area contributed by atoms with E-state index in [1.165, 1.54) is 0 Å². The molecule has 1 aliphatic heterocycles. The molecule has 6 nitrogen and oxygen atoms in total. The standard InChI is InChI=1S/C19H26N4O2S/c1-19(2,3)25-18(24)22-9-4-10-23(12-11-22)26-15-5-6-16-14(13-15)7-8-21-17(16)20/h5-8,13H,4,9-12H2,1-3H3,(H2,20,21). The predicted molar refractivity (Wildman–Crippen MR) is 106 cm³/mol. The molecule has 1 saturated heterocycles. The highest BCUT2D eigenvalue weighted by Crippen LogP contribution is 2.29. The Bertz CT molecular complexity index is 791. The fraction of sp³-hybridized carbons (Fsp3) is 0.474. The highest BCUT2D eigenvalue weighted by Gasteiger charge is 2.24. The van der Waals surface area contributed by atoms with Gasteiger partial charge in [0.25, 0.3) is 0 Å². The van der Waals surface area contributed by atoms with Crippen LogP contribution >= 0.6 is 11.9 Å². The van der Waals surface area contributed by atoms with E-state index in [0.29, 0.717) is 12.4 Å². The molecule has 1 amide bonds. The molecular formula is C19H26N4O2S. The van der Waals surface area contributed by atoms with Crippen LogP contribution in [0.15, 0.2) is 35.4 Å². The Hall–Kier alpha value is -1.99. The number of hydrogen-bond donors (Lipinski definition) is 1. The Morgan fingerprint density at radius 3 is 2.77 bits per heavy atom. The predicted octanol–water partition coefficient (Wildman–Crippen LogP) is 3.77. The molecule has 1 aliphatic rings. The van der Waals surface area contributed by atoms with Crippen LogP contribution in [-0.4, -0.2) is 52.1 Å². The van der Waals surface area contributed by atoms with E-state index in [1.54, 1.807) is 23.0 Å². The van der Waals surface area contributed by atoms with Gasteiger partial charge in [0.05, 0.1) is 0 Å². The summed E-state index contributed by atoms with van der Waals surface area (Å²) in [5.41, 5.74) is 5.46. The first-order valence-electron chi connectivity index (χ1n) is 8.87. The number of nitrogen functional groups attached to an aromatic ring is 1. The number of benzene rings is 1. The number of carbonyl (C=O) groups excluding carboxylic acids is 1. The Morgan fingerprint density at radius 2 is 2.00 bits per heavy atom. The Morgan fingerprint density at radius 1 is 1.19 bits per heavy atom. The molecule has 7 heteroatoms. The third kappa shape index (κ3) is 4.80. The molecule has 0 atom stereocenters. The quantitative estimate of drug-likeness (QED) is 0.807. The number of aromatic nitrogens is 1. The largest absolute Gasteiger partial charge is 0.444 e. The minimum atomic E-state index is -0.459. The number of hydrogen-bond acceptors (Lipinski definition) is 6. The van der Waals surface area contributed by atoms with Gasteiger partial charge in [0.1, 0.15) is 11.4 Å². The van der Waals surface area contributed by atoms with Crippen molar-refractivity contribution in [2.45, 2.75) is 37.7 Å². The fourth-order valence-corrected chi connectivity index (χ4v) is 3.88. The number of amides is 1. The van der Waals surface area contributed by atoms with Gasteiger partial charge in [-0.05, 0) is 68.8 Å². The highest BCUT2D eigenvalue weighted by molar-refractivity contribution is 7.97. The maximum Gasteiger partial charge on any atom is 0.410 e. The third-order valence-electron chi connectivity index (χ3n) is 4.11. The normalized spacial score (nSPS) is 16.5. The van der Waals surface area contributed by atoms with Crippen molar-refractivity contribution in [1.82, 2.24) is 14.2 Å². The zero-order valence-corrected chi connectivity index (χ0v) is 16.4. The van der Waals surface area contributed by atoms with Crippen molar-refractivity contribution in [1.29, 1.82) is 0 Å². The van der Waals surface area contributed by atoms with Crippen LogP contribution in [0, 0.1) is 0 Å². The van der Waals surface area contributed by atoms with E-state index in [4.69, 9.17) is 10.5 Å². The lowest BCUT2D eigenvalue weighted by molar-refractivity contribution is 0.0260. The first kappa shape index (κ1) is 18.8. The zero-order valence-electron chi connectivity index (χ0n) is 15.6. The van der Waals surface area contributed by atoms with E-state index < -0.39 is 5.60 Å². The molecule has 1 aromatic carbocycles. The lowest BCUT2D eigenvalue weighted by Crippen LogP contribution is -2.38. The van der Waals surface area contributed by atoms with Crippen molar-refractivity contribution < 1.29 is 9.53 Å². The zero-order chi connectivity index (χ0) is 18.7. The Labute approximate surface area is 158 Å². The molecule has 0 radical (unpaired) electrons. The number of carbonyl (C=O) groups is 1. The van der Waals surface area contributed by atoms with Crippen LogP contribution in [0.4, 0.5) is 10.6 Å². The van der Waals surface area contributed by atoms with Gasteiger partial charge in [-0.25, -0.2) is 14.1 Å². The van der Waals surface area contributed by atoms with Gasteiger partial charge in [0.15, 0.2) is 0 Å². The lowest BCUT2D eigenvalue weighted by Gasteiger charge is -2.26. The third-order valence-corrected chi connectivity index (χ3v) is 5.20. The maximum atomic E-state index is 12.3. The number of rotatable bonds is 2. The van der Waals surface area contributed by atoms with Crippen molar-refractivity contribution >= 4 is 34.6 Å². The molecule has 26 heavy (non-hydrogen) atoms. The second kappa shape index (κ2) is 7.72. The summed E-state index contributed by atoms with van der Waals surface area (Å²) in [4.78, 5) is 19.4. The minimum Gasteiger partial charge on any atom is -0.444 e. The second-order valence-corrected chi connectivity index (χ2v) is 8.59. The van der Waals surface area contributed by atoms with Crippen LogP contribution in [0.2, 0.25) is 0 Å². The highest BCUT2D eigenvalue weighted by atomic mass is 32.2. The summed E-state index contributed by atoms with van der Waals surface area (Å²) in [6.07, 6.45) is 2.44. The summed E-state index contributed by atoms with van der Waals surface area (Å²) in [6.45, 7) is 8.83. The Balaban J connectivity index is 1.62. The van der Waals surface area contributed by atoms with Gasteiger partial charge >= 0.3 is 6.09 Å². The van der Waals surface area contributed by atoms with Gasteiger partial charge in [-0.1, -0.05) is 0 Å². The van der Waals surface area contributed by atoms with Crippen LogP contribution in [-0.2, 0) is 4.74 Å². The topological polar surface area (TPSA) is 71.7 Å². The average Bonchev–Trinajstić information content (AvgIpc) is 2.79. The summed E-state index contributed by atoms with van der Waals surface area (Å²) >= 11 is 1.72. The van der Waals surface area contributed by atoms with Gasteiger partial charge in [-0.2, -0.15) is 0 Å². The number of nitrogens with zero attached hydrogens (tertiary/aromatic N) is 3. The number of fused-ring (bicyclic) bond motifs is 1. The van der Waals surface area contributed by atoms with Crippen LogP contribution in [0.3, 0.4) is 0 Å². The van der Waals surface area contributed by atoms with E-state index in [1.807, 2.05) is 32.9 Å². The molecule has 1 fully saturated rings. The summed E-state index contributed by atoms with van der Waals surface area (Å²) in [5, 5.41) is 2.07. The van der Waals surface area contributed by atoms with Crippen molar-refractivity contribution in [2.24, 2.45) is 0 Å². The molecule has 2 N–H and O–H groups in total. The monoisotopic (exact) mass is 374 g/mol. The Kier molecular flexibility index (Phi) is 5.58. The van der Waals surface area contributed by atoms with Crippen LogP contribution in [0.1, 0.15) is 27.2 Å². The number of pyridine rings is 1. The van der Waals surface area contributed by atoms with Gasteiger partial charge in [0.2, 0.25) is 0 Å². The number of anilines is 1.